The summed E-state index contributed by atoms with van der Waals surface area (Å²) >= 11 is 0. The Balaban J connectivity index is 4.48. The van der Waals surface area contributed by atoms with E-state index >= 15 is 0 Å². The monoisotopic (exact) mass is 815 g/mol. The maximum absolute atomic E-state index is 12.6. The van der Waals surface area contributed by atoms with Gasteiger partial charge in [0.15, 0.2) is 6.10 Å². The van der Waals surface area contributed by atoms with Crippen molar-refractivity contribution in [2.45, 2.75) is 129 Å². The van der Waals surface area contributed by atoms with Gasteiger partial charge in [-0.25, -0.2) is 4.57 Å². The zero-order valence-electron chi connectivity index (χ0n) is 36.0. The number of allylic oxidation sites excluding steroid dienone is 18. The van der Waals surface area contributed by atoms with Gasteiger partial charge in [0.05, 0.1) is 27.7 Å². The lowest BCUT2D eigenvalue weighted by Crippen LogP contribution is -2.37. The van der Waals surface area contributed by atoms with Gasteiger partial charge in [0.2, 0.25) is 0 Å². The van der Waals surface area contributed by atoms with Crippen LogP contribution in [0.4, 0.5) is 0 Å². The summed E-state index contributed by atoms with van der Waals surface area (Å²) in [6.45, 7) is 4.04. The number of hydrogen-bond acceptors (Lipinski definition) is 7. The highest BCUT2D eigenvalue weighted by Gasteiger charge is 2.27. The number of esters is 2. The van der Waals surface area contributed by atoms with E-state index in [1.54, 1.807) is 0 Å². The lowest BCUT2D eigenvalue weighted by Gasteiger charge is -2.24. The molecule has 0 aromatic carbocycles. The number of hydrogen-bond donors (Lipinski definition) is 1. The van der Waals surface area contributed by atoms with Gasteiger partial charge in [-0.15, -0.1) is 0 Å². The van der Waals surface area contributed by atoms with E-state index < -0.39 is 32.5 Å². The predicted octanol–water partition coefficient (Wildman–Crippen LogP) is 12.0. The number of carbonyl (C=O) groups is 2. The second kappa shape index (κ2) is 38.2. The number of carbonyl (C=O) groups excluding carboxylic acids is 2. The predicted molar refractivity (Wildman–Crippen MR) is 238 cm³/mol. The molecular weight excluding hydrogens is 737 g/mol. The van der Waals surface area contributed by atoms with Crippen molar-refractivity contribution in [1.82, 2.24) is 0 Å². The summed E-state index contributed by atoms with van der Waals surface area (Å²) in [6.07, 6.45) is 51.4. The number of nitrogens with zero attached hydrogens (tertiary/aromatic N) is 1. The van der Waals surface area contributed by atoms with E-state index in [0.717, 1.165) is 83.5 Å². The van der Waals surface area contributed by atoms with Gasteiger partial charge < -0.3 is 18.9 Å². The average Bonchev–Trinajstić information content (AvgIpc) is 3.16. The van der Waals surface area contributed by atoms with Crippen LogP contribution in [0.25, 0.3) is 0 Å². The van der Waals surface area contributed by atoms with E-state index in [1.165, 1.54) is 0 Å². The van der Waals surface area contributed by atoms with E-state index in [-0.39, 0.29) is 26.1 Å². The first-order chi connectivity index (χ1) is 27.5. The molecule has 0 saturated heterocycles. The van der Waals surface area contributed by atoms with Crippen LogP contribution >= 0.6 is 7.82 Å². The van der Waals surface area contributed by atoms with E-state index in [4.69, 9.17) is 18.5 Å². The van der Waals surface area contributed by atoms with Crippen molar-refractivity contribution in [1.29, 1.82) is 0 Å². The molecule has 0 aromatic heterocycles. The number of rotatable bonds is 36. The van der Waals surface area contributed by atoms with Crippen LogP contribution in [0.2, 0.25) is 0 Å². The third-order valence-electron chi connectivity index (χ3n) is 8.14. The summed E-state index contributed by atoms with van der Waals surface area (Å²) in [4.78, 5) is 35.3. The zero-order valence-corrected chi connectivity index (χ0v) is 36.9. The SMILES string of the molecule is CC/C=C/C=C/C=C/C=C/CCCCCC(=O)OC(COC(=O)CCCCCC/C=C/C/C=C/C/C=C/C/C=C/C/C=C/CC)COP(=O)(O)OCC[N+](C)(C)C. The first-order valence-electron chi connectivity index (χ1n) is 21.2. The third-order valence-corrected chi connectivity index (χ3v) is 9.13. The number of ether oxygens (including phenoxy) is 2. The van der Waals surface area contributed by atoms with E-state index in [9.17, 15) is 19.0 Å². The molecule has 0 spiro atoms. The highest BCUT2D eigenvalue weighted by atomic mass is 31.2. The maximum Gasteiger partial charge on any atom is 0.472 e. The summed E-state index contributed by atoms with van der Waals surface area (Å²) in [7, 11) is 1.41. The summed E-state index contributed by atoms with van der Waals surface area (Å²) in [5.41, 5.74) is 0. The van der Waals surface area contributed by atoms with Gasteiger partial charge in [-0.3, -0.25) is 18.6 Å². The maximum atomic E-state index is 12.6. The molecule has 0 aromatic rings. The zero-order chi connectivity index (χ0) is 42.1. The van der Waals surface area contributed by atoms with Gasteiger partial charge in [0.1, 0.15) is 19.8 Å². The van der Waals surface area contributed by atoms with E-state index in [1.807, 2.05) is 57.6 Å². The Kier molecular flexibility index (Phi) is 36.0. The fraction of sp³-hybridized carbons (Fsp3) is 0.574. The Morgan fingerprint density at radius 1 is 0.561 bits per heavy atom. The van der Waals surface area contributed by atoms with Crippen molar-refractivity contribution >= 4 is 19.8 Å². The normalized spacial score (nSPS) is 14.7. The number of likely N-dealkylation sites (N-methyl/N-ethyl adjacent to an activating group) is 1. The van der Waals surface area contributed by atoms with Crippen molar-refractivity contribution in [3.8, 4) is 0 Å². The first kappa shape index (κ1) is 53.7. The third kappa shape index (κ3) is 42.1. The standard InChI is InChI=1S/C47H76NO8P/c1-6-8-10-12-14-16-18-20-21-22-23-24-25-26-28-29-31-33-35-37-39-46(49)53-43-45(44-55-57(51,52)54-42-41-48(3,4)5)56-47(50)40-38-36-34-32-30-27-19-17-15-13-11-9-7-2/h8-11,13-17,19-21,23-24,26-28,30,45H,6-7,12,18,22,25,29,31-44H2,1-5H3/p+1/b10-8+,11-9+,15-13+,16-14+,19-17+,21-20+,24-23+,28-26+,30-27+. The molecule has 1 N–H and O–H groups in total. The highest BCUT2D eigenvalue weighted by molar-refractivity contribution is 7.47. The molecule has 0 saturated carbocycles. The van der Waals surface area contributed by atoms with Crippen LogP contribution < -0.4 is 0 Å². The molecule has 0 bridgehead atoms. The molecule has 0 fully saturated rings. The number of phosphoric ester groups is 1. The van der Waals surface area contributed by atoms with Crippen molar-refractivity contribution in [2.75, 3.05) is 47.5 Å². The summed E-state index contributed by atoms with van der Waals surface area (Å²) in [5.74, 6) is -0.888. The second-order valence-electron chi connectivity index (χ2n) is 14.7. The highest BCUT2D eigenvalue weighted by Crippen LogP contribution is 2.43. The van der Waals surface area contributed by atoms with Crippen LogP contribution in [0.5, 0.6) is 0 Å². The van der Waals surface area contributed by atoms with E-state index in [2.05, 4.69) is 86.8 Å². The minimum absolute atomic E-state index is 0.0121. The minimum Gasteiger partial charge on any atom is -0.462 e. The molecule has 0 rings (SSSR count). The van der Waals surface area contributed by atoms with Crippen molar-refractivity contribution in [3.05, 3.63) is 109 Å². The molecule has 0 aliphatic rings. The van der Waals surface area contributed by atoms with Crippen molar-refractivity contribution in [2.24, 2.45) is 0 Å². The molecule has 0 aliphatic heterocycles. The molecule has 9 nitrogen and oxygen atoms in total. The molecule has 0 heterocycles. The van der Waals surface area contributed by atoms with Crippen LogP contribution in [0.1, 0.15) is 123 Å². The number of unbranched alkanes of at least 4 members (excludes halogenated alkanes) is 7. The molecule has 0 radical (unpaired) electrons. The van der Waals surface area contributed by atoms with Gasteiger partial charge in [-0.1, -0.05) is 142 Å². The molecule has 10 heteroatoms. The van der Waals surface area contributed by atoms with Crippen LogP contribution in [0.15, 0.2) is 109 Å². The lowest BCUT2D eigenvalue weighted by atomic mass is 10.1. The smallest absolute Gasteiger partial charge is 0.462 e. The number of quaternary nitrogens is 1. The molecule has 0 aliphatic carbocycles. The number of phosphoric acid groups is 1. The molecule has 57 heavy (non-hydrogen) atoms. The van der Waals surface area contributed by atoms with Gasteiger partial charge in [0, 0.05) is 12.8 Å². The van der Waals surface area contributed by atoms with Gasteiger partial charge in [0.25, 0.3) is 0 Å². The Labute approximate surface area is 346 Å². The second-order valence-corrected chi connectivity index (χ2v) is 16.2. The first-order valence-corrected chi connectivity index (χ1v) is 22.7. The Morgan fingerprint density at radius 3 is 1.61 bits per heavy atom. The summed E-state index contributed by atoms with van der Waals surface area (Å²) < 4.78 is 34.2. The van der Waals surface area contributed by atoms with Gasteiger partial charge in [-0.2, -0.15) is 0 Å². The molecule has 322 valence electrons. The molecular formula is C47H77NO8P+. The average molecular weight is 815 g/mol. The van der Waals surface area contributed by atoms with Crippen LogP contribution in [0.3, 0.4) is 0 Å². The Bertz CT molecular complexity index is 1330. The fourth-order valence-electron chi connectivity index (χ4n) is 4.87. The lowest BCUT2D eigenvalue weighted by molar-refractivity contribution is -0.870. The van der Waals surface area contributed by atoms with Crippen molar-refractivity contribution < 1.29 is 42.1 Å². The molecule has 2 unspecified atom stereocenters. The molecule has 0 amide bonds. The van der Waals surface area contributed by atoms with E-state index in [0.29, 0.717) is 23.9 Å². The summed E-state index contributed by atoms with van der Waals surface area (Å²) in [5, 5.41) is 0. The largest absolute Gasteiger partial charge is 0.472 e. The van der Waals surface area contributed by atoms with Crippen LogP contribution in [-0.4, -0.2) is 74.9 Å². The minimum atomic E-state index is -4.40. The molecule has 2 atom stereocenters. The fourth-order valence-corrected chi connectivity index (χ4v) is 5.61. The quantitative estimate of drug-likeness (QED) is 0.0166. The Morgan fingerprint density at radius 2 is 1.04 bits per heavy atom. The van der Waals surface area contributed by atoms with Gasteiger partial charge in [-0.05, 0) is 77.0 Å². The van der Waals surface area contributed by atoms with Crippen molar-refractivity contribution in [3.63, 3.8) is 0 Å². The van der Waals surface area contributed by atoms with Crippen LogP contribution in [-0.2, 0) is 32.7 Å². The topological polar surface area (TPSA) is 108 Å². The summed E-state index contributed by atoms with van der Waals surface area (Å²) in [6, 6.07) is 0. The van der Waals surface area contributed by atoms with Crippen LogP contribution in [0, 0.1) is 0 Å². The van der Waals surface area contributed by atoms with Gasteiger partial charge >= 0.3 is 19.8 Å². The Hall–Kier alpha value is -3.33.